The monoisotopic (exact) mass is 493 g/mol. The summed E-state index contributed by atoms with van der Waals surface area (Å²) in [5, 5.41) is 14.5. The number of nitro groups is 1. The average Bonchev–Trinajstić information content (AvgIpc) is 3.17. The second kappa shape index (κ2) is 8.70. The molecular weight excluding hydrogens is 478 g/mol. The van der Waals surface area contributed by atoms with Gasteiger partial charge >= 0.3 is 6.18 Å². The van der Waals surface area contributed by atoms with Crippen LogP contribution < -0.4 is 5.32 Å². The number of hydrogen-bond donors (Lipinski definition) is 1. The van der Waals surface area contributed by atoms with Gasteiger partial charge in [0.25, 0.3) is 5.69 Å². The highest BCUT2D eigenvalue weighted by Crippen LogP contribution is 2.45. The summed E-state index contributed by atoms with van der Waals surface area (Å²) in [5.74, 6) is 3.96. The number of benzene rings is 2. The molecule has 7 nitrogen and oxygen atoms in total. The molecule has 3 aromatic rings. The number of hydrogen-bond acceptors (Lipinski definition) is 6. The van der Waals surface area contributed by atoms with Crippen LogP contribution in [0.25, 0.3) is 10.9 Å². The molecule has 1 unspecified atom stereocenters. The molecule has 0 bridgehead atoms. The van der Waals surface area contributed by atoms with Crippen LogP contribution in [-0.2, 0) is 0 Å². The maximum atomic E-state index is 14.3. The van der Waals surface area contributed by atoms with Crippen molar-refractivity contribution in [2.45, 2.75) is 12.6 Å². The standard InChI is InChI=1S/C22H16ClF4N5O2/c1-31-8-7-21(11-31,22(25,26)27)6-5-13-9-17-14(10-18(13)32(33)34)20(29-12-28-17)30-16-4-2-3-15(23)19(16)24/h2-4,9-10,12H,7-8,11H2,1H3,(H,28,29,30). The van der Waals surface area contributed by atoms with Gasteiger partial charge in [-0.15, -0.1) is 0 Å². The maximum Gasteiger partial charge on any atom is 0.406 e. The molecule has 0 spiro atoms. The first-order valence-corrected chi connectivity index (χ1v) is 10.3. The third-order valence-electron chi connectivity index (χ3n) is 5.59. The third-order valence-corrected chi connectivity index (χ3v) is 5.89. The zero-order valence-electron chi connectivity index (χ0n) is 17.6. The summed E-state index contributed by atoms with van der Waals surface area (Å²) in [6.45, 7) is -0.122. The van der Waals surface area contributed by atoms with Gasteiger partial charge in [0.1, 0.15) is 23.1 Å². The summed E-state index contributed by atoms with van der Waals surface area (Å²) in [5.41, 5.74) is -2.86. The van der Waals surface area contributed by atoms with Gasteiger partial charge in [0.15, 0.2) is 5.82 Å². The lowest BCUT2D eigenvalue weighted by atomic mass is 9.86. The number of aromatic nitrogens is 2. The first kappa shape index (κ1) is 23.7. The van der Waals surface area contributed by atoms with Crippen molar-refractivity contribution in [1.29, 1.82) is 0 Å². The minimum Gasteiger partial charge on any atom is -0.337 e. The summed E-state index contributed by atoms with van der Waals surface area (Å²) in [6.07, 6.45) is -3.70. The maximum absolute atomic E-state index is 14.3. The third kappa shape index (κ3) is 4.34. The molecule has 1 aromatic heterocycles. The highest BCUT2D eigenvalue weighted by molar-refractivity contribution is 6.31. The van der Waals surface area contributed by atoms with Crippen molar-refractivity contribution in [3.8, 4) is 11.8 Å². The Morgan fingerprint density at radius 2 is 2.06 bits per heavy atom. The van der Waals surface area contributed by atoms with E-state index < -0.39 is 28.0 Å². The Bertz CT molecular complexity index is 1350. The first-order valence-electron chi connectivity index (χ1n) is 9.93. The molecule has 1 aliphatic heterocycles. The number of rotatable bonds is 3. The van der Waals surface area contributed by atoms with Gasteiger partial charge in [-0.25, -0.2) is 14.4 Å². The number of anilines is 2. The predicted molar refractivity (Wildman–Crippen MR) is 118 cm³/mol. The Morgan fingerprint density at radius 1 is 1.29 bits per heavy atom. The highest BCUT2D eigenvalue weighted by Gasteiger charge is 2.56. The Balaban J connectivity index is 1.82. The number of nitrogens with zero attached hydrogens (tertiary/aromatic N) is 4. The molecule has 0 saturated carbocycles. The molecule has 12 heteroatoms. The fourth-order valence-electron chi connectivity index (χ4n) is 3.76. The fraction of sp³-hybridized carbons (Fsp3) is 0.273. The zero-order valence-corrected chi connectivity index (χ0v) is 18.3. The molecule has 4 rings (SSSR count). The molecule has 1 N–H and O–H groups in total. The number of nitro benzene ring substituents is 1. The van der Waals surface area contributed by atoms with Gasteiger partial charge in [0, 0.05) is 18.0 Å². The van der Waals surface area contributed by atoms with Crippen LogP contribution >= 0.6 is 11.6 Å². The molecule has 0 radical (unpaired) electrons. The molecule has 1 fully saturated rings. The summed E-state index contributed by atoms with van der Waals surface area (Å²) in [6, 6.07) is 6.59. The van der Waals surface area contributed by atoms with Crippen molar-refractivity contribution in [2.75, 3.05) is 25.5 Å². The number of nitrogens with one attached hydrogen (secondary N) is 1. The van der Waals surface area contributed by atoms with E-state index >= 15 is 0 Å². The van der Waals surface area contributed by atoms with E-state index in [9.17, 15) is 27.7 Å². The molecule has 1 aliphatic rings. The molecular formula is C22H16ClF4N5O2. The Labute approximate surface area is 195 Å². The average molecular weight is 494 g/mol. The smallest absolute Gasteiger partial charge is 0.337 e. The van der Waals surface area contributed by atoms with Crippen LogP contribution in [0.2, 0.25) is 5.02 Å². The number of alkyl halides is 3. The van der Waals surface area contributed by atoms with Gasteiger partial charge in [-0.2, -0.15) is 13.2 Å². The predicted octanol–water partition coefficient (Wildman–Crippen LogP) is 5.31. The van der Waals surface area contributed by atoms with E-state index in [2.05, 4.69) is 27.1 Å². The second-order valence-electron chi connectivity index (χ2n) is 7.91. The number of likely N-dealkylation sites (tertiary alicyclic amines) is 1. The molecule has 176 valence electrons. The van der Waals surface area contributed by atoms with E-state index in [4.69, 9.17) is 11.6 Å². The Hall–Kier alpha value is -3.49. The lowest BCUT2D eigenvalue weighted by Gasteiger charge is -2.25. The van der Waals surface area contributed by atoms with Gasteiger partial charge in [-0.05, 0) is 38.2 Å². The van der Waals surface area contributed by atoms with Crippen LogP contribution in [0.5, 0.6) is 0 Å². The SMILES string of the molecule is CN1CCC(C#Cc2cc3ncnc(Nc4cccc(Cl)c4F)c3cc2[N+](=O)[O-])(C(F)(F)F)C1. The van der Waals surface area contributed by atoms with Crippen LogP contribution in [0, 0.1) is 33.2 Å². The van der Waals surface area contributed by atoms with Gasteiger partial charge in [-0.1, -0.05) is 29.5 Å². The summed E-state index contributed by atoms with van der Waals surface area (Å²) < 4.78 is 55.7. The number of halogens is 5. The Kier molecular flexibility index (Phi) is 6.05. The first-order chi connectivity index (χ1) is 16.0. The fourth-order valence-corrected chi connectivity index (χ4v) is 3.94. The van der Waals surface area contributed by atoms with E-state index in [0.717, 1.165) is 12.4 Å². The molecule has 2 aromatic carbocycles. The summed E-state index contributed by atoms with van der Waals surface area (Å²) in [4.78, 5) is 20.6. The van der Waals surface area contributed by atoms with Crippen LogP contribution in [0.15, 0.2) is 36.7 Å². The van der Waals surface area contributed by atoms with Crippen LogP contribution in [0.1, 0.15) is 12.0 Å². The minimum absolute atomic E-state index is 0.0171. The Morgan fingerprint density at radius 3 is 2.71 bits per heavy atom. The summed E-state index contributed by atoms with van der Waals surface area (Å²) in [7, 11) is 1.56. The normalized spacial score (nSPS) is 18.5. The van der Waals surface area contributed by atoms with Crippen LogP contribution in [-0.4, -0.2) is 46.1 Å². The van der Waals surface area contributed by atoms with Crippen molar-refractivity contribution >= 4 is 39.7 Å². The minimum atomic E-state index is -4.60. The zero-order chi connectivity index (χ0) is 24.7. The molecule has 2 heterocycles. The molecule has 1 saturated heterocycles. The molecule has 0 amide bonds. The summed E-state index contributed by atoms with van der Waals surface area (Å²) >= 11 is 5.79. The second-order valence-corrected chi connectivity index (χ2v) is 8.32. The van der Waals surface area contributed by atoms with E-state index in [0.29, 0.717) is 0 Å². The number of fused-ring (bicyclic) bond motifs is 1. The quantitative estimate of drug-likeness (QED) is 0.230. The highest BCUT2D eigenvalue weighted by atomic mass is 35.5. The van der Waals surface area contributed by atoms with Crippen molar-refractivity contribution in [1.82, 2.24) is 14.9 Å². The largest absolute Gasteiger partial charge is 0.406 e. The molecule has 0 aliphatic carbocycles. The van der Waals surface area contributed by atoms with E-state index in [1.165, 1.54) is 29.2 Å². The topological polar surface area (TPSA) is 84.2 Å². The van der Waals surface area contributed by atoms with Crippen molar-refractivity contribution in [3.05, 3.63) is 63.2 Å². The van der Waals surface area contributed by atoms with E-state index in [1.54, 1.807) is 7.05 Å². The van der Waals surface area contributed by atoms with Gasteiger partial charge in [0.05, 0.1) is 21.2 Å². The van der Waals surface area contributed by atoms with Gasteiger partial charge in [-0.3, -0.25) is 10.1 Å². The lowest BCUT2D eigenvalue weighted by Crippen LogP contribution is -2.39. The van der Waals surface area contributed by atoms with Gasteiger partial charge in [0.2, 0.25) is 0 Å². The van der Waals surface area contributed by atoms with E-state index in [-0.39, 0.29) is 52.5 Å². The van der Waals surface area contributed by atoms with Crippen molar-refractivity contribution in [3.63, 3.8) is 0 Å². The lowest BCUT2D eigenvalue weighted by molar-refractivity contribution is -0.385. The van der Waals surface area contributed by atoms with E-state index in [1.807, 2.05) is 0 Å². The van der Waals surface area contributed by atoms with Crippen LogP contribution in [0.3, 0.4) is 0 Å². The van der Waals surface area contributed by atoms with Crippen LogP contribution in [0.4, 0.5) is 34.8 Å². The van der Waals surface area contributed by atoms with Gasteiger partial charge < -0.3 is 10.2 Å². The molecule has 34 heavy (non-hydrogen) atoms. The molecule has 1 atom stereocenters. The van der Waals surface area contributed by atoms with Crippen molar-refractivity contribution in [2.24, 2.45) is 5.41 Å². The van der Waals surface area contributed by atoms with Crippen molar-refractivity contribution < 1.29 is 22.5 Å².